The maximum absolute atomic E-state index is 13.6. The van der Waals surface area contributed by atoms with Gasteiger partial charge in [0.25, 0.3) is 11.5 Å². The van der Waals surface area contributed by atoms with Crippen molar-refractivity contribution in [2.75, 3.05) is 49.1 Å². The minimum absolute atomic E-state index is 0.0344. The lowest BCUT2D eigenvalue weighted by atomic mass is 10.2. The molecule has 5 rings (SSSR count). The normalized spacial score (nSPS) is 17.6. The number of pyridine rings is 1. The summed E-state index contributed by atoms with van der Waals surface area (Å²) in [6.07, 6.45) is 3.13. The standard InChI is InChI=1S/C25H24F3N9O3/c26-25(27,28)21-20(14-33-34-22(21)38)37-3-1-2-18(37)15-40-19-8-17(12-30-13-19)23(39)35-4-6-36(7-5-35)24-31-10-16(9-29)11-32-24/h8,10-14,18H,1-7,15H2,(H,34,38). The van der Waals surface area contributed by atoms with Crippen LogP contribution in [-0.4, -0.2) is 81.3 Å². The van der Waals surface area contributed by atoms with E-state index in [0.29, 0.717) is 68.4 Å². The van der Waals surface area contributed by atoms with Gasteiger partial charge in [-0.2, -0.15) is 23.5 Å². The predicted molar refractivity (Wildman–Crippen MR) is 135 cm³/mol. The molecule has 2 aliphatic rings. The molecule has 208 valence electrons. The Morgan fingerprint density at radius 3 is 2.55 bits per heavy atom. The first-order valence-corrected chi connectivity index (χ1v) is 12.5. The largest absolute Gasteiger partial charge is 0.490 e. The van der Waals surface area contributed by atoms with Crippen LogP contribution >= 0.6 is 0 Å². The molecule has 1 amide bonds. The fourth-order valence-electron chi connectivity index (χ4n) is 4.85. The van der Waals surface area contributed by atoms with Crippen molar-refractivity contribution in [2.24, 2.45) is 0 Å². The second-order valence-corrected chi connectivity index (χ2v) is 9.33. The van der Waals surface area contributed by atoms with Crippen LogP contribution in [0.4, 0.5) is 24.8 Å². The quantitative estimate of drug-likeness (QED) is 0.479. The van der Waals surface area contributed by atoms with Crippen LogP contribution in [0, 0.1) is 11.3 Å². The van der Waals surface area contributed by atoms with E-state index in [1.54, 1.807) is 11.0 Å². The molecule has 0 saturated carbocycles. The second-order valence-electron chi connectivity index (χ2n) is 9.33. The lowest BCUT2D eigenvalue weighted by Gasteiger charge is -2.34. The maximum atomic E-state index is 13.6. The third-order valence-electron chi connectivity index (χ3n) is 6.83. The molecule has 2 fully saturated rings. The highest BCUT2D eigenvalue weighted by Gasteiger charge is 2.40. The molecule has 0 spiro atoms. The molecule has 2 saturated heterocycles. The number of nitriles is 1. The van der Waals surface area contributed by atoms with Gasteiger partial charge in [0.2, 0.25) is 5.95 Å². The number of anilines is 2. The van der Waals surface area contributed by atoms with Gasteiger partial charge < -0.3 is 19.4 Å². The number of ether oxygens (including phenoxy) is 1. The van der Waals surface area contributed by atoms with E-state index < -0.39 is 23.3 Å². The summed E-state index contributed by atoms with van der Waals surface area (Å²) in [4.78, 5) is 42.6. The first-order chi connectivity index (χ1) is 19.2. The summed E-state index contributed by atoms with van der Waals surface area (Å²) >= 11 is 0. The number of hydrogen-bond acceptors (Lipinski definition) is 10. The summed E-state index contributed by atoms with van der Waals surface area (Å²) in [5.41, 5.74) is -2.17. The van der Waals surface area contributed by atoms with E-state index in [1.165, 1.54) is 29.7 Å². The number of hydrogen-bond donors (Lipinski definition) is 1. The number of nitrogens with one attached hydrogen (secondary N) is 1. The fourth-order valence-corrected chi connectivity index (χ4v) is 4.85. The summed E-state index contributed by atoms with van der Waals surface area (Å²) in [6, 6.07) is 3.10. The Kier molecular flexibility index (Phi) is 7.50. The van der Waals surface area contributed by atoms with Gasteiger partial charge in [-0.1, -0.05) is 0 Å². The molecular weight excluding hydrogens is 531 g/mol. The number of nitrogens with zero attached hydrogens (tertiary/aromatic N) is 8. The highest BCUT2D eigenvalue weighted by Crippen LogP contribution is 2.36. The third-order valence-corrected chi connectivity index (χ3v) is 6.83. The topological polar surface area (TPSA) is 144 Å². The smallest absolute Gasteiger partial charge is 0.423 e. The number of piperazine rings is 1. The molecule has 3 aromatic rings. The average Bonchev–Trinajstić information content (AvgIpc) is 3.44. The van der Waals surface area contributed by atoms with Gasteiger partial charge in [0.05, 0.1) is 47.6 Å². The number of aromatic nitrogens is 5. The van der Waals surface area contributed by atoms with E-state index in [2.05, 4.69) is 20.1 Å². The summed E-state index contributed by atoms with van der Waals surface area (Å²) in [5.74, 6) is 0.565. The highest BCUT2D eigenvalue weighted by molar-refractivity contribution is 5.94. The van der Waals surface area contributed by atoms with Crippen LogP contribution in [0.3, 0.4) is 0 Å². The Labute approximate surface area is 226 Å². The van der Waals surface area contributed by atoms with Crippen molar-refractivity contribution < 1.29 is 22.7 Å². The fraction of sp³-hybridized carbons (Fsp3) is 0.400. The molecule has 1 unspecified atom stereocenters. The summed E-state index contributed by atoms with van der Waals surface area (Å²) in [6.45, 7) is 2.23. The van der Waals surface area contributed by atoms with Gasteiger partial charge in [-0.05, 0) is 18.9 Å². The number of H-pyrrole nitrogens is 1. The van der Waals surface area contributed by atoms with Crippen LogP contribution < -0.4 is 20.1 Å². The minimum Gasteiger partial charge on any atom is -0.490 e. The van der Waals surface area contributed by atoms with Crippen LogP contribution in [0.5, 0.6) is 5.75 Å². The van der Waals surface area contributed by atoms with Crippen molar-refractivity contribution in [3.63, 3.8) is 0 Å². The first kappa shape index (κ1) is 26.9. The van der Waals surface area contributed by atoms with Crippen molar-refractivity contribution in [2.45, 2.75) is 25.1 Å². The lowest BCUT2D eigenvalue weighted by Crippen LogP contribution is -2.49. The highest BCUT2D eigenvalue weighted by atomic mass is 19.4. The van der Waals surface area contributed by atoms with Crippen LogP contribution in [0.1, 0.15) is 34.3 Å². The molecule has 0 aliphatic carbocycles. The summed E-state index contributed by atoms with van der Waals surface area (Å²) in [5, 5.41) is 14.3. The average molecular weight is 556 g/mol. The van der Waals surface area contributed by atoms with Crippen molar-refractivity contribution in [3.05, 3.63) is 64.1 Å². The van der Waals surface area contributed by atoms with Gasteiger partial charge in [0.1, 0.15) is 24.0 Å². The lowest BCUT2D eigenvalue weighted by molar-refractivity contribution is -0.138. The molecule has 0 aromatic carbocycles. The summed E-state index contributed by atoms with van der Waals surface area (Å²) in [7, 11) is 0. The van der Waals surface area contributed by atoms with E-state index in [1.807, 2.05) is 16.1 Å². The Morgan fingerprint density at radius 2 is 1.85 bits per heavy atom. The van der Waals surface area contributed by atoms with E-state index in [4.69, 9.17) is 10.00 Å². The Hall–Kier alpha value is -4.74. The number of alkyl halides is 3. The SMILES string of the molecule is N#Cc1cnc(N2CCN(C(=O)c3cncc(OCC4CCCN4c4cn[nH]c(=O)c4C(F)(F)F)c3)CC2)nc1. The zero-order chi connectivity index (χ0) is 28.3. The third kappa shape index (κ3) is 5.65. The van der Waals surface area contributed by atoms with E-state index in [-0.39, 0.29) is 18.2 Å². The van der Waals surface area contributed by atoms with Crippen LogP contribution in [0.25, 0.3) is 0 Å². The van der Waals surface area contributed by atoms with Crippen LogP contribution in [-0.2, 0) is 6.18 Å². The van der Waals surface area contributed by atoms with E-state index in [9.17, 15) is 22.8 Å². The van der Waals surface area contributed by atoms with Crippen molar-refractivity contribution in [3.8, 4) is 11.8 Å². The molecule has 2 aliphatic heterocycles. The molecule has 40 heavy (non-hydrogen) atoms. The van der Waals surface area contributed by atoms with Gasteiger partial charge >= 0.3 is 6.18 Å². The molecule has 3 aromatic heterocycles. The second kappa shape index (κ2) is 11.2. The molecule has 5 heterocycles. The van der Waals surface area contributed by atoms with Gasteiger partial charge in [-0.15, -0.1) is 0 Å². The van der Waals surface area contributed by atoms with Crippen molar-refractivity contribution in [1.82, 2.24) is 30.0 Å². The maximum Gasteiger partial charge on any atom is 0.423 e. The Morgan fingerprint density at radius 1 is 1.10 bits per heavy atom. The molecule has 12 nitrogen and oxygen atoms in total. The zero-order valence-corrected chi connectivity index (χ0v) is 21.1. The Bertz CT molecular complexity index is 1470. The zero-order valence-electron chi connectivity index (χ0n) is 21.1. The first-order valence-electron chi connectivity index (χ1n) is 12.5. The molecular formula is C25H24F3N9O3. The van der Waals surface area contributed by atoms with Gasteiger partial charge in [0, 0.05) is 38.9 Å². The monoisotopic (exact) mass is 555 g/mol. The molecule has 0 bridgehead atoms. The number of aromatic amines is 1. The molecule has 1 N–H and O–H groups in total. The number of carbonyl (C=O) groups excluding carboxylic acids is 1. The van der Waals surface area contributed by atoms with E-state index in [0.717, 1.165) is 6.20 Å². The minimum atomic E-state index is -4.83. The molecule has 15 heteroatoms. The van der Waals surface area contributed by atoms with Crippen LogP contribution in [0.2, 0.25) is 0 Å². The van der Waals surface area contributed by atoms with Crippen molar-refractivity contribution in [1.29, 1.82) is 5.26 Å². The molecule has 0 radical (unpaired) electrons. The number of amides is 1. The molecule has 1 atom stereocenters. The number of rotatable bonds is 6. The van der Waals surface area contributed by atoms with Gasteiger partial charge in [-0.25, -0.2) is 15.1 Å². The van der Waals surface area contributed by atoms with Crippen LogP contribution in [0.15, 0.2) is 41.8 Å². The van der Waals surface area contributed by atoms with Gasteiger partial charge in [0.15, 0.2) is 0 Å². The summed E-state index contributed by atoms with van der Waals surface area (Å²) < 4.78 is 46.6. The van der Waals surface area contributed by atoms with Crippen molar-refractivity contribution >= 4 is 17.5 Å². The van der Waals surface area contributed by atoms with Gasteiger partial charge in [-0.3, -0.25) is 14.6 Å². The predicted octanol–water partition coefficient (Wildman–Crippen LogP) is 1.86. The van der Waals surface area contributed by atoms with E-state index >= 15 is 0 Å². The Balaban J connectivity index is 1.21. The number of carbonyl (C=O) groups is 1. The number of halogens is 3.